The van der Waals surface area contributed by atoms with Crippen molar-refractivity contribution in [2.75, 3.05) is 12.8 Å². The molecule has 0 radical (unpaired) electrons. The first-order valence-electron chi connectivity index (χ1n) is 8.72. The van der Waals surface area contributed by atoms with Crippen LogP contribution >= 0.6 is 0 Å². The number of esters is 1. The Labute approximate surface area is 163 Å². The number of ether oxygens (including phenoxy) is 3. The van der Waals surface area contributed by atoms with Crippen molar-refractivity contribution in [1.82, 2.24) is 9.97 Å². The van der Waals surface area contributed by atoms with Gasteiger partial charge in [-0.3, -0.25) is 0 Å². The second-order valence-electron chi connectivity index (χ2n) is 6.34. The van der Waals surface area contributed by atoms with Crippen LogP contribution in [0.4, 0.5) is 5.69 Å². The average molecular weight is 379 g/mol. The van der Waals surface area contributed by atoms with Crippen molar-refractivity contribution in [3.63, 3.8) is 0 Å². The zero-order chi connectivity index (χ0) is 20.1. The van der Waals surface area contributed by atoms with Crippen molar-refractivity contribution in [2.24, 2.45) is 0 Å². The lowest BCUT2D eigenvalue weighted by Gasteiger charge is -2.12. The van der Waals surface area contributed by atoms with E-state index in [4.69, 9.17) is 15.2 Å². The van der Waals surface area contributed by atoms with Crippen LogP contribution < -0.4 is 15.2 Å². The van der Waals surface area contributed by atoms with E-state index in [1.165, 1.54) is 19.0 Å². The van der Waals surface area contributed by atoms with Crippen LogP contribution in [0.5, 0.6) is 23.3 Å². The first-order valence-corrected chi connectivity index (χ1v) is 8.72. The maximum absolute atomic E-state index is 11.5. The van der Waals surface area contributed by atoms with Crippen molar-refractivity contribution >= 4 is 11.7 Å². The Kier molecular flexibility index (Phi) is 5.74. The minimum absolute atomic E-state index is 0.162. The number of benzene rings is 2. The normalized spacial score (nSPS) is 10.6. The number of carbonyl (C=O) groups is 1. The van der Waals surface area contributed by atoms with Crippen LogP contribution in [0.1, 0.15) is 35.7 Å². The van der Waals surface area contributed by atoms with Gasteiger partial charge in [-0.1, -0.05) is 26.0 Å². The molecule has 7 heteroatoms. The molecule has 0 saturated carbocycles. The smallest absolute Gasteiger partial charge is 0.337 e. The third-order valence-electron chi connectivity index (χ3n) is 4.06. The standard InChI is InChI=1S/C21H21N3O4/c1-13(2)14-4-8-16(9-5-14)27-19-18(22)20(24-12-23-19)28-17-10-6-15(7-11-17)21(25)26-3/h4-13H,22H2,1-3H3. The monoisotopic (exact) mass is 379 g/mol. The zero-order valence-electron chi connectivity index (χ0n) is 15.9. The van der Waals surface area contributed by atoms with Crippen LogP contribution in [-0.4, -0.2) is 23.0 Å². The largest absolute Gasteiger partial charge is 0.465 e. The Hall–Kier alpha value is -3.61. The van der Waals surface area contributed by atoms with Gasteiger partial charge in [0, 0.05) is 0 Å². The van der Waals surface area contributed by atoms with E-state index in [1.54, 1.807) is 24.3 Å². The number of nitrogen functional groups attached to an aromatic ring is 1. The molecule has 2 aromatic carbocycles. The lowest BCUT2D eigenvalue weighted by molar-refractivity contribution is 0.0600. The van der Waals surface area contributed by atoms with Crippen LogP contribution in [0.25, 0.3) is 0 Å². The van der Waals surface area contributed by atoms with Crippen molar-refractivity contribution in [3.8, 4) is 23.3 Å². The van der Waals surface area contributed by atoms with Gasteiger partial charge < -0.3 is 19.9 Å². The number of nitrogens with two attached hydrogens (primary N) is 1. The van der Waals surface area contributed by atoms with E-state index in [2.05, 4.69) is 28.6 Å². The fraction of sp³-hybridized carbons (Fsp3) is 0.190. The highest BCUT2D eigenvalue weighted by Gasteiger charge is 2.13. The SMILES string of the molecule is COC(=O)c1ccc(Oc2ncnc(Oc3ccc(C(C)C)cc3)c2N)cc1. The molecule has 0 unspecified atom stereocenters. The lowest BCUT2D eigenvalue weighted by atomic mass is 10.0. The van der Waals surface area contributed by atoms with Crippen molar-refractivity contribution < 1.29 is 19.0 Å². The number of hydrogen-bond acceptors (Lipinski definition) is 7. The zero-order valence-corrected chi connectivity index (χ0v) is 15.9. The second kappa shape index (κ2) is 8.39. The molecule has 0 fully saturated rings. The summed E-state index contributed by atoms with van der Waals surface area (Å²) in [5, 5.41) is 0. The molecule has 0 spiro atoms. The Morgan fingerprint density at radius 3 is 1.86 bits per heavy atom. The molecule has 1 aromatic heterocycles. The van der Waals surface area contributed by atoms with E-state index in [-0.39, 0.29) is 17.4 Å². The molecule has 0 aliphatic carbocycles. The fourth-order valence-electron chi connectivity index (χ4n) is 2.45. The maximum atomic E-state index is 11.5. The van der Waals surface area contributed by atoms with Gasteiger partial charge in [0.05, 0.1) is 12.7 Å². The van der Waals surface area contributed by atoms with E-state index in [9.17, 15) is 4.79 Å². The molecule has 0 atom stereocenters. The van der Waals surface area contributed by atoms with E-state index in [0.717, 1.165) is 0 Å². The molecule has 0 amide bonds. The lowest BCUT2D eigenvalue weighted by Crippen LogP contribution is -2.02. The highest BCUT2D eigenvalue weighted by molar-refractivity contribution is 5.89. The molecule has 2 N–H and O–H groups in total. The number of aromatic nitrogens is 2. The average Bonchev–Trinajstić information content (AvgIpc) is 2.71. The molecule has 0 aliphatic rings. The molecule has 3 aromatic rings. The summed E-state index contributed by atoms with van der Waals surface area (Å²) in [7, 11) is 1.33. The van der Waals surface area contributed by atoms with Crippen molar-refractivity contribution in [3.05, 3.63) is 66.0 Å². The molecular formula is C21H21N3O4. The fourth-order valence-corrected chi connectivity index (χ4v) is 2.45. The summed E-state index contributed by atoms with van der Waals surface area (Å²) in [5.41, 5.74) is 7.91. The molecule has 28 heavy (non-hydrogen) atoms. The predicted molar refractivity (Wildman–Crippen MR) is 105 cm³/mol. The molecule has 0 saturated heterocycles. The van der Waals surface area contributed by atoms with Crippen LogP contribution in [-0.2, 0) is 4.74 Å². The quantitative estimate of drug-likeness (QED) is 0.627. The minimum atomic E-state index is -0.424. The van der Waals surface area contributed by atoms with E-state index in [1.807, 2.05) is 24.3 Å². The molecule has 144 valence electrons. The van der Waals surface area contributed by atoms with Gasteiger partial charge in [0.2, 0.25) is 11.8 Å². The van der Waals surface area contributed by atoms with Gasteiger partial charge in [0.15, 0.2) is 5.69 Å². The molecule has 1 heterocycles. The number of methoxy groups -OCH3 is 1. The Morgan fingerprint density at radius 2 is 1.39 bits per heavy atom. The van der Waals surface area contributed by atoms with Gasteiger partial charge in [-0.2, -0.15) is 9.97 Å². The molecule has 7 nitrogen and oxygen atoms in total. The third kappa shape index (κ3) is 4.37. The van der Waals surface area contributed by atoms with E-state index in [0.29, 0.717) is 23.0 Å². The minimum Gasteiger partial charge on any atom is -0.465 e. The molecule has 3 rings (SSSR count). The highest BCUT2D eigenvalue weighted by Crippen LogP contribution is 2.33. The van der Waals surface area contributed by atoms with Gasteiger partial charge in [-0.25, -0.2) is 4.79 Å². The van der Waals surface area contributed by atoms with Crippen LogP contribution in [0.15, 0.2) is 54.9 Å². The van der Waals surface area contributed by atoms with Gasteiger partial charge in [0.25, 0.3) is 0 Å². The maximum Gasteiger partial charge on any atom is 0.337 e. The summed E-state index contributed by atoms with van der Waals surface area (Å²) in [6, 6.07) is 14.2. The Bertz CT molecular complexity index is 954. The van der Waals surface area contributed by atoms with E-state index < -0.39 is 5.97 Å². The number of hydrogen-bond donors (Lipinski definition) is 1. The van der Waals surface area contributed by atoms with Gasteiger partial charge in [0.1, 0.15) is 17.8 Å². The summed E-state index contributed by atoms with van der Waals surface area (Å²) in [4.78, 5) is 19.6. The van der Waals surface area contributed by atoms with Gasteiger partial charge in [-0.15, -0.1) is 0 Å². The molecule has 0 aliphatic heterocycles. The summed E-state index contributed by atoms with van der Waals surface area (Å²) < 4.78 is 16.1. The summed E-state index contributed by atoms with van der Waals surface area (Å²) in [6.07, 6.45) is 1.31. The molecular weight excluding hydrogens is 358 g/mol. The number of anilines is 1. The summed E-state index contributed by atoms with van der Waals surface area (Å²) in [5.74, 6) is 1.45. The summed E-state index contributed by atoms with van der Waals surface area (Å²) in [6.45, 7) is 4.25. The first kappa shape index (κ1) is 19.2. The predicted octanol–water partition coefficient (Wildman–Crippen LogP) is 4.55. The number of nitrogens with zero attached hydrogens (tertiary/aromatic N) is 2. The third-order valence-corrected chi connectivity index (χ3v) is 4.06. The van der Waals surface area contributed by atoms with Crippen LogP contribution in [0, 0.1) is 0 Å². The second-order valence-corrected chi connectivity index (χ2v) is 6.34. The molecule has 0 bridgehead atoms. The highest BCUT2D eigenvalue weighted by atomic mass is 16.5. The first-order chi connectivity index (χ1) is 13.5. The van der Waals surface area contributed by atoms with Crippen LogP contribution in [0.2, 0.25) is 0 Å². The topological polar surface area (TPSA) is 96.6 Å². The van der Waals surface area contributed by atoms with Crippen molar-refractivity contribution in [1.29, 1.82) is 0 Å². The van der Waals surface area contributed by atoms with Gasteiger partial charge >= 0.3 is 5.97 Å². The summed E-state index contributed by atoms with van der Waals surface area (Å²) >= 11 is 0. The van der Waals surface area contributed by atoms with Crippen LogP contribution in [0.3, 0.4) is 0 Å². The van der Waals surface area contributed by atoms with Crippen molar-refractivity contribution in [2.45, 2.75) is 19.8 Å². The number of rotatable bonds is 6. The number of carbonyl (C=O) groups excluding carboxylic acids is 1. The Morgan fingerprint density at radius 1 is 0.893 bits per heavy atom. The Balaban J connectivity index is 1.76. The van der Waals surface area contributed by atoms with Gasteiger partial charge in [-0.05, 0) is 47.9 Å². The van der Waals surface area contributed by atoms with E-state index >= 15 is 0 Å².